The second kappa shape index (κ2) is 11.3. The highest BCUT2D eigenvalue weighted by atomic mass is 32.1. The third kappa shape index (κ3) is 5.40. The molecule has 4 aromatic rings. The van der Waals surface area contributed by atoms with Crippen LogP contribution in [0.2, 0.25) is 0 Å². The normalized spacial score (nSPS) is 15.5. The van der Waals surface area contributed by atoms with Crippen molar-refractivity contribution in [2.24, 2.45) is 0 Å². The van der Waals surface area contributed by atoms with E-state index >= 15 is 0 Å². The summed E-state index contributed by atoms with van der Waals surface area (Å²) >= 11 is 1.70. The molecule has 0 amide bonds. The highest BCUT2D eigenvalue weighted by Gasteiger charge is 2.25. The van der Waals surface area contributed by atoms with Gasteiger partial charge in [0.05, 0.1) is 11.7 Å². The number of methoxy groups -OCH3 is 1. The van der Waals surface area contributed by atoms with Crippen molar-refractivity contribution in [2.45, 2.75) is 50.6 Å². The molecule has 1 aliphatic carbocycles. The smallest absolute Gasteiger partial charge is 0.262 e. The zero-order chi connectivity index (χ0) is 24.0. The Balaban J connectivity index is 1.26. The molecule has 0 saturated heterocycles. The lowest BCUT2D eigenvalue weighted by Crippen LogP contribution is -2.35. The van der Waals surface area contributed by atoms with Crippen molar-refractivity contribution in [2.75, 3.05) is 20.3 Å². The van der Waals surface area contributed by atoms with Crippen molar-refractivity contribution < 1.29 is 4.74 Å². The van der Waals surface area contributed by atoms with Gasteiger partial charge in [0.25, 0.3) is 5.56 Å². The van der Waals surface area contributed by atoms with Gasteiger partial charge in [-0.15, -0.1) is 11.3 Å². The summed E-state index contributed by atoms with van der Waals surface area (Å²) in [5.41, 5.74) is 4.06. The van der Waals surface area contributed by atoms with Gasteiger partial charge in [-0.25, -0.2) is 4.98 Å². The lowest BCUT2D eigenvalue weighted by molar-refractivity contribution is 0.190. The molecule has 182 valence electrons. The summed E-state index contributed by atoms with van der Waals surface area (Å²) in [6.45, 7) is 2.26. The minimum atomic E-state index is 0.101. The van der Waals surface area contributed by atoms with Crippen molar-refractivity contribution in [3.8, 4) is 0 Å². The molecule has 1 unspecified atom stereocenters. The highest BCUT2D eigenvalue weighted by molar-refractivity contribution is 7.18. The quantitative estimate of drug-likeness (QED) is 0.314. The van der Waals surface area contributed by atoms with E-state index in [1.807, 2.05) is 0 Å². The molecule has 6 heteroatoms. The average molecular weight is 488 g/mol. The molecular formula is C29H33N3O2S. The third-order valence-electron chi connectivity index (χ3n) is 7.05. The van der Waals surface area contributed by atoms with Crippen LogP contribution in [-0.2, 0) is 24.1 Å². The van der Waals surface area contributed by atoms with Gasteiger partial charge in [0.2, 0.25) is 0 Å². The van der Waals surface area contributed by atoms with Gasteiger partial charge >= 0.3 is 0 Å². The number of thiophene rings is 1. The molecule has 1 N–H and O–H groups in total. The topological polar surface area (TPSA) is 56.2 Å². The van der Waals surface area contributed by atoms with Crippen molar-refractivity contribution in [1.82, 2.24) is 14.9 Å². The molecule has 0 radical (unpaired) electrons. The van der Waals surface area contributed by atoms with E-state index in [9.17, 15) is 4.79 Å². The Bertz CT molecular complexity index is 1260. The summed E-state index contributed by atoms with van der Waals surface area (Å²) < 4.78 is 6.88. The summed E-state index contributed by atoms with van der Waals surface area (Å²) in [5.74, 6) is 0.383. The van der Waals surface area contributed by atoms with Crippen LogP contribution in [0.15, 0.2) is 71.8 Å². The van der Waals surface area contributed by atoms with Crippen LogP contribution >= 0.6 is 11.3 Å². The van der Waals surface area contributed by atoms with Gasteiger partial charge in [0.15, 0.2) is 0 Å². The fourth-order valence-corrected chi connectivity index (χ4v) is 6.50. The molecule has 1 atom stereocenters. The predicted octanol–water partition coefficient (Wildman–Crippen LogP) is 5.16. The van der Waals surface area contributed by atoms with Crippen molar-refractivity contribution in [3.63, 3.8) is 0 Å². The minimum absolute atomic E-state index is 0.101. The molecular weight excluding hydrogens is 454 g/mol. The van der Waals surface area contributed by atoms with Crippen molar-refractivity contribution >= 4 is 21.6 Å². The maximum atomic E-state index is 13.1. The first-order valence-corrected chi connectivity index (χ1v) is 13.4. The first kappa shape index (κ1) is 23.9. The van der Waals surface area contributed by atoms with E-state index in [2.05, 4.69) is 71.0 Å². The summed E-state index contributed by atoms with van der Waals surface area (Å²) in [5, 5.41) is 4.67. The van der Waals surface area contributed by atoms with E-state index in [1.165, 1.54) is 21.6 Å². The Morgan fingerprint density at radius 2 is 1.83 bits per heavy atom. The average Bonchev–Trinajstić information content (AvgIpc) is 3.28. The number of aromatic nitrogens is 2. The molecule has 5 rings (SSSR count). The van der Waals surface area contributed by atoms with Crippen LogP contribution in [0.5, 0.6) is 0 Å². The first-order valence-electron chi connectivity index (χ1n) is 12.6. The Morgan fingerprint density at radius 3 is 2.51 bits per heavy atom. The van der Waals surface area contributed by atoms with Gasteiger partial charge < -0.3 is 10.1 Å². The number of fused-ring (bicyclic) bond motifs is 3. The van der Waals surface area contributed by atoms with Crippen LogP contribution in [0.3, 0.4) is 0 Å². The van der Waals surface area contributed by atoms with Crippen LogP contribution < -0.4 is 10.9 Å². The molecule has 2 heterocycles. The summed E-state index contributed by atoms with van der Waals surface area (Å²) in [4.78, 5) is 20.0. The summed E-state index contributed by atoms with van der Waals surface area (Å²) in [6.07, 6.45) is 6.53. The number of nitrogens with one attached hydrogen (secondary N) is 1. The largest absolute Gasteiger partial charge is 0.385 e. The number of aryl methyl sites for hydroxylation is 2. The van der Waals surface area contributed by atoms with Crippen LogP contribution in [0, 0.1) is 0 Å². The second-order valence-electron chi connectivity index (χ2n) is 9.33. The number of ether oxygens (including phenoxy) is 1. The third-order valence-corrected chi connectivity index (χ3v) is 8.22. The van der Waals surface area contributed by atoms with Crippen LogP contribution in [0.25, 0.3) is 10.2 Å². The number of hydrogen-bond acceptors (Lipinski definition) is 5. The van der Waals surface area contributed by atoms with Gasteiger partial charge in [-0.3, -0.25) is 9.36 Å². The van der Waals surface area contributed by atoms with Gasteiger partial charge in [-0.2, -0.15) is 0 Å². The molecule has 0 spiro atoms. The number of benzene rings is 2. The van der Waals surface area contributed by atoms with Crippen molar-refractivity contribution in [3.05, 3.63) is 98.9 Å². The predicted molar refractivity (Wildman–Crippen MR) is 144 cm³/mol. The van der Waals surface area contributed by atoms with Gasteiger partial charge in [-0.05, 0) is 55.3 Å². The molecule has 0 aliphatic heterocycles. The monoisotopic (exact) mass is 487 g/mol. The Morgan fingerprint density at radius 1 is 1.11 bits per heavy atom. The standard InChI is InChI=1S/C29H33N3O2S/c1-34-18-8-17-32-20-31-28-27(29(32)33)25-14-13-23(19-26(25)35-28)30-16-15-24(21-9-4-2-5-10-21)22-11-6-3-7-12-22/h2-7,9-12,20,23-24,30H,8,13-19H2,1H3. The lowest BCUT2D eigenvalue weighted by atomic mass is 9.88. The summed E-state index contributed by atoms with van der Waals surface area (Å²) in [6, 6.07) is 22.0. The maximum Gasteiger partial charge on any atom is 0.262 e. The fourth-order valence-electron chi connectivity index (χ4n) is 5.24. The van der Waals surface area contributed by atoms with E-state index < -0.39 is 0 Å². The van der Waals surface area contributed by atoms with Gasteiger partial charge in [-0.1, -0.05) is 60.7 Å². The minimum Gasteiger partial charge on any atom is -0.385 e. The van der Waals surface area contributed by atoms with E-state index in [0.717, 1.165) is 48.9 Å². The number of rotatable bonds is 10. The van der Waals surface area contributed by atoms with Crippen LogP contribution in [-0.4, -0.2) is 35.9 Å². The van der Waals surface area contributed by atoms with E-state index in [-0.39, 0.29) is 5.56 Å². The lowest BCUT2D eigenvalue weighted by Gasteiger charge is -2.25. The molecule has 0 bridgehead atoms. The molecule has 0 saturated carbocycles. The van der Waals surface area contributed by atoms with Crippen molar-refractivity contribution in [1.29, 1.82) is 0 Å². The maximum absolute atomic E-state index is 13.1. The molecule has 2 aromatic heterocycles. The van der Waals surface area contributed by atoms with E-state index in [0.29, 0.717) is 25.1 Å². The van der Waals surface area contributed by atoms with Gasteiger partial charge in [0, 0.05) is 37.1 Å². The van der Waals surface area contributed by atoms with E-state index in [1.54, 1.807) is 29.3 Å². The Labute approximate surface area is 210 Å². The fraction of sp³-hybridized carbons (Fsp3) is 0.379. The summed E-state index contributed by atoms with van der Waals surface area (Å²) in [7, 11) is 1.69. The van der Waals surface area contributed by atoms with E-state index in [4.69, 9.17) is 4.74 Å². The number of hydrogen-bond donors (Lipinski definition) is 1. The molecule has 1 aliphatic rings. The Kier molecular flexibility index (Phi) is 7.72. The molecule has 0 fully saturated rings. The molecule has 2 aromatic carbocycles. The zero-order valence-corrected chi connectivity index (χ0v) is 21.1. The van der Waals surface area contributed by atoms with Crippen LogP contribution in [0.1, 0.15) is 46.7 Å². The Hall–Kier alpha value is -2.80. The second-order valence-corrected chi connectivity index (χ2v) is 10.4. The SMILES string of the molecule is COCCCn1cnc2sc3c(c2c1=O)CCC(NCCC(c1ccccc1)c1ccccc1)C3. The first-order chi connectivity index (χ1) is 17.2. The van der Waals surface area contributed by atoms with Gasteiger partial charge in [0.1, 0.15) is 4.83 Å². The molecule has 5 nitrogen and oxygen atoms in total. The molecule has 35 heavy (non-hydrogen) atoms. The zero-order valence-electron chi connectivity index (χ0n) is 20.3. The number of nitrogens with zero attached hydrogens (tertiary/aromatic N) is 2. The highest BCUT2D eigenvalue weighted by Crippen LogP contribution is 2.34. The van der Waals surface area contributed by atoms with Crippen LogP contribution in [0.4, 0.5) is 0 Å².